The summed E-state index contributed by atoms with van der Waals surface area (Å²) in [4.78, 5) is 0. The first kappa shape index (κ1) is 15.7. The Bertz CT molecular complexity index is 425. The molecule has 2 unspecified atom stereocenters. The molecule has 2 rings (SSSR count). The molecule has 0 fully saturated rings. The second-order valence-electron chi connectivity index (χ2n) is 5.13. The zero-order chi connectivity index (χ0) is 14.4. The normalized spacial score (nSPS) is 21.6. The summed E-state index contributed by atoms with van der Waals surface area (Å²) in [5.74, 6) is 2.12. The number of benzene rings is 1. The van der Waals surface area contributed by atoms with Gasteiger partial charge in [0, 0.05) is 25.0 Å². The van der Waals surface area contributed by atoms with Crippen molar-refractivity contribution in [1.82, 2.24) is 5.32 Å². The van der Waals surface area contributed by atoms with Crippen LogP contribution in [0.2, 0.25) is 0 Å². The summed E-state index contributed by atoms with van der Waals surface area (Å²) in [7, 11) is 5.56. The van der Waals surface area contributed by atoms with E-state index in [1.165, 1.54) is 24.0 Å². The molecular weight excluding hydrogens is 270 g/mol. The van der Waals surface area contributed by atoms with Crippen LogP contribution >= 0.6 is 11.8 Å². The summed E-state index contributed by atoms with van der Waals surface area (Å²) in [5.41, 5.74) is 2.86. The maximum absolute atomic E-state index is 5.37. The van der Waals surface area contributed by atoms with E-state index in [2.05, 4.69) is 42.3 Å². The summed E-state index contributed by atoms with van der Waals surface area (Å²) in [6, 6.07) is 6.89. The van der Waals surface area contributed by atoms with Crippen LogP contribution in [0.3, 0.4) is 0 Å². The maximum atomic E-state index is 5.37. The molecule has 3 nitrogen and oxygen atoms in total. The van der Waals surface area contributed by atoms with Gasteiger partial charge in [-0.1, -0.05) is 6.07 Å². The summed E-state index contributed by atoms with van der Waals surface area (Å²) in [6.45, 7) is 0.856. The molecule has 20 heavy (non-hydrogen) atoms. The molecular formula is C16H25NO2S. The Kier molecular flexibility index (Phi) is 6.20. The Balaban J connectivity index is 2.06. The molecule has 0 aliphatic heterocycles. The number of methoxy groups -OCH3 is 2. The molecule has 0 radical (unpaired) electrons. The van der Waals surface area contributed by atoms with E-state index in [-0.39, 0.29) is 0 Å². The number of hydrogen-bond acceptors (Lipinski definition) is 4. The minimum atomic E-state index is 0.418. The van der Waals surface area contributed by atoms with Crippen LogP contribution in [0.1, 0.15) is 30.0 Å². The van der Waals surface area contributed by atoms with Crippen LogP contribution in [0.5, 0.6) is 5.75 Å². The fraction of sp³-hybridized carbons (Fsp3) is 0.625. The Morgan fingerprint density at radius 1 is 1.35 bits per heavy atom. The number of thioether (sulfide) groups is 1. The van der Waals surface area contributed by atoms with Gasteiger partial charge in [0.2, 0.25) is 0 Å². The average Bonchev–Trinajstić information content (AvgIpc) is 2.50. The quantitative estimate of drug-likeness (QED) is 0.783. The lowest BCUT2D eigenvalue weighted by molar-refractivity contribution is 0.200. The molecule has 0 saturated carbocycles. The van der Waals surface area contributed by atoms with Crippen LogP contribution in [-0.4, -0.2) is 38.9 Å². The Labute approximate surface area is 126 Å². The largest absolute Gasteiger partial charge is 0.497 e. The van der Waals surface area contributed by atoms with Crippen LogP contribution in [0, 0.1) is 0 Å². The van der Waals surface area contributed by atoms with Crippen LogP contribution < -0.4 is 10.1 Å². The van der Waals surface area contributed by atoms with E-state index < -0.39 is 0 Å². The Morgan fingerprint density at radius 3 is 2.90 bits per heavy atom. The van der Waals surface area contributed by atoms with Gasteiger partial charge in [-0.3, -0.25) is 0 Å². The molecule has 1 aliphatic rings. The lowest BCUT2D eigenvalue weighted by atomic mass is 9.87. The number of ether oxygens (including phenoxy) is 2. The smallest absolute Gasteiger partial charge is 0.119 e. The third-order valence-corrected chi connectivity index (χ3v) is 5.35. The van der Waals surface area contributed by atoms with Gasteiger partial charge < -0.3 is 14.8 Å². The Morgan fingerprint density at radius 2 is 2.20 bits per heavy atom. The zero-order valence-electron chi connectivity index (χ0n) is 12.6. The monoisotopic (exact) mass is 295 g/mol. The Hall–Kier alpha value is -0.710. The number of hydrogen-bond donors (Lipinski definition) is 1. The minimum absolute atomic E-state index is 0.418. The van der Waals surface area contributed by atoms with Crippen molar-refractivity contribution >= 4 is 11.8 Å². The lowest BCUT2D eigenvalue weighted by Crippen LogP contribution is -2.32. The van der Waals surface area contributed by atoms with Crippen molar-refractivity contribution in [2.24, 2.45) is 0 Å². The number of nitrogens with one attached hydrogen (secondary N) is 1. The van der Waals surface area contributed by atoms with E-state index in [0.717, 1.165) is 24.5 Å². The van der Waals surface area contributed by atoms with Crippen molar-refractivity contribution in [3.05, 3.63) is 29.3 Å². The molecule has 0 amide bonds. The van der Waals surface area contributed by atoms with E-state index >= 15 is 0 Å². The van der Waals surface area contributed by atoms with E-state index in [0.29, 0.717) is 11.3 Å². The lowest BCUT2D eigenvalue weighted by Gasteiger charge is -2.33. The van der Waals surface area contributed by atoms with Gasteiger partial charge in [0.05, 0.1) is 7.11 Å². The van der Waals surface area contributed by atoms with Crippen molar-refractivity contribution in [3.8, 4) is 5.75 Å². The zero-order valence-corrected chi connectivity index (χ0v) is 13.5. The van der Waals surface area contributed by atoms with Crippen LogP contribution in [0.25, 0.3) is 0 Å². The predicted octanol–water partition coefficient (Wildman–Crippen LogP) is 3.04. The number of rotatable bonds is 7. The third kappa shape index (κ3) is 3.68. The first-order chi connectivity index (χ1) is 9.80. The molecule has 0 saturated heterocycles. The highest BCUT2D eigenvalue weighted by molar-refractivity contribution is 7.99. The molecule has 112 valence electrons. The molecule has 0 bridgehead atoms. The van der Waals surface area contributed by atoms with Gasteiger partial charge in [0.1, 0.15) is 5.75 Å². The maximum Gasteiger partial charge on any atom is 0.119 e. The average molecular weight is 295 g/mol. The van der Waals surface area contributed by atoms with Crippen LogP contribution in [0.4, 0.5) is 0 Å². The topological polar surface area (TPSA) is 30.5 Å². The van der Waals surface area contributed by atoms with E-state index in [1.54, 1.807) is 14.2 Å². The van der Waals surface area contributed by atoms with Gasteiger partial charge in [0.25, 0.3) is 0 Å². The van der Waals surface area contributed by atoms with Crippen LogP contribution in [0.15, 0.2) is 18.2 Å². The minimum Gasteiger partial charge on any atom is -0.497 e. The van der Waals surface area contributed by atoms with Gasteiger partial charge in [-0.15, -0.1) is 0 Å². The standard InChI is InChI=1S/C16H25NO2S/c1-17-16-14-11-13(19-3)7-5-12(14)6-8-15(16)20-10-4-9-18-2/h5,7,11,15-17H,4,6,8-10H2,1-3H3. The molecule has 0 aromatic heterocycles. The molecule has 1 aromatic carbocycles. The van der Waals surface area contributed by atoms with Crippen molar-refractivity contribution < 1.29 is 9.47 Å². The van der Waals surface area contributed by atoms with Gasteiger partial charge in [-0.05, 0) is 55.3 Å². The summed E-state index contributed by atoms with van der Waals surface area (Å²) < 4.78 is 10.5. The highest BCUT2D eigenvalue weighted by Gasteiger charge is 2.28. The predicted molar refractivity (Wildman–Crippen MR) is 85.9 cm³/mol. The number of fused-ring (bicyclic) bond motifs is 1. The van der Waals surface area contributed by atoms with Gasteiger partial charge in [0.15, 0.2) is 0 Å². The molecule has 4 heteroatoms. The SMILES string of the molecule is CNC1c2cc(OC)ccc2CCC1SCCCOC. The highest BCUT2D eigenvalue weighted by Crippen LogP contribution is 2.38. The van der Waals surface area contributed by atoms with E-state index in [9.17, 15) is 0 Å². The number of aryl methyl sites for hydroxylation is 1. The molecule has 1 aromatic rings. The second-order valence-corrected chi connectivity index (χ2v) is 6.47. The van der Waals surface area contributed by atoms with Crippen molar-refractivity contribution in [3.63, 3.8) is 0 Å². The van der Waals surface area contributed by atoms with Crippen LogP contribution in [-0.2, 0) is 11.2 Å². The molecule has 1 N–H and O–H groups in total. The van der Waals surface area contributed by atoms with E-state index in [1.807, 2.05) is 0 Å². The van der Waals surface area contributed by atoms with Crippen molar-refractivity contribution in [2.75, 3.05) is 33.6 Å². The molecule has 0 spiro atoms. The highest BCUT2D eigenvalue weighted by atomic mass is 32.2. The summed E-state index contributed by atoms with van der Waals surface area (Å²) in [6.07, 6.45) is 3.53. The molecule has 2 atom stereocenters. The van der Waals surface area contributed by atoms with E-state index in [4.69, 9.17) is 9.47 Å². The summed E-state index contributed by atoms with van der Waals surface area (Å²) >= 11 is 2.06. The van der Waals surface area contributed by atoms with Gasteiger partial charge in [-0.2, -0.15) is 11.8 Å². The van der Waals surface area contributed by atoms with Crippen molar-refractivity contribution in [1.29, 1.82) is 0 Å². The van der Waals surface area contributed by atoms with Gasteiger partial charge >= 0.3 is 0 Å². The fourth-order valence-electron chi connectivity index (χ4n) is 2.84. The molecule has 1 aliphatic carbocycles. The molecule has 0 heterocycles. The first-order valence-electron chi connectivity index (χ1n) is 7.24. The fourth-order valence-corrected chi connectivity index (χ4v) is 4.19. The van der Waals surface area contributed by atoms with Crippen molar-refractivity contribution in [2.45, 2.75) is 30.6 Å². The van der Waals surface area contributed by atoms with Gasteiger partial charge in [-0.25, -0.2) is 0 Å². The third-order valence-electron chi connectivity index (χ3n) is 3.89. The first-order valence-corrected chi connectivity index (χ1v) is 8.29. The summed E-state index contributed by atoms with van der Waals surface area (Å²) in [5, 5.41) is 4.13. The second kappa shape index (κ2) is 7.91.